The summed E-state index contributed by atoms with van der Waals surface area (Å²) in [4.78, 5) is 28.6. The SMILES string of the molecule is CC(C)(C)c1ccc(C(=O)Nc2cc(-c3c[nH]c(=O)c(N(c4cccnn4)N4CCOCC4)c3)c(F)cc2F)cc1. The average molecular weight is 561 g/mol. The number of hydrogen-bond donors (Lipinski definition) is 2. The molecule has 0 saturated carbocycles. The first-order valence-corrected chi connectivity index (χ1v) is 13.2. The second-order valence-electron chi connectivity index (χ2n) is 10.7. The highest BCUT2D eigenvalue weighted by molar-refractivity contribution is 6.04. The number of benzene rings is 2. The number of hydrogen-bond acceptors (Lipinski definition) is 7. The Labute approximate surface area is 235 Å². The average Bonchev–Trinajstić information content (AvgIpc) is 2.96. The molecular weight excluding hydrogens is 530 g/mol. The van der Waals surface area contributed by atoms with E-state index in [0.717, 1.165) is 5.56 Å². The first kappa shape index (κ1) is 28.1. The number of carbonyl (C=O) groups is 1. The monoisotopic (exact) mass is 560 g/mol. The van der Waals surface area contributed by atoms with E-state index in [2.05, 4.69) is 41.3 Å². The smallest absolute Gasteiger partial charge is 0.273 e. The molecule has 1 aliphatic heterocycles. The molecule has 2 N–H and O–H groups in total. The van der Waals surface area contributed by atoms with Crippen molar-refractivity contribution < 1.29 is 18.3 Å². The van der Waals surface area contributed by atoms with Gasteiger partial charge in [-0.1, -0.05) is 32.9 Å². The lowest BCUT2D eigenvalue weighted by molar-refractivity contribution is 0.0373. The summed E-state index contributed by atoms with van der Waals surface area (Å²) in [5, 5.41) is 14.2. The largest absolute Gasteiger partial charge is 0.379 e. The van der Waals surface area contributed by atoms with Gasteiger partial charge >= 0.3 is 0 Å². The molecule has 0 radical (unpaired) electrons. The Morgan fingerprint density at radius 2 is 1.78 bits per heavy atom. The molecule has 41 heavy (non-hydrogen) atoms. The molecule has 1 fully saturated rings. The molecule has 0 bridgehead atoms. The van der Waals surface area contributed by atoms with Crippen molar-refractivity contribution in [1.82, 2.24) is 20.2 Å². The van der Waals surface area contributed by atoms with Crippen LogP contribution in [0.2, 0.25) is 0 Å². The number of carbonyl (C=O) groups excluding carboxylic acids is 1. The number of aromatic amines is 1. The summed E-state index contributed by atoms with van der Waals surface area (Å²) in [6, 6.07) is 13.8. The van der Waals surface area contributed by atoms with Crippen LogP contribution in [0.4, 0.5) is 26.0 Å². The summed E-state index contributed by atoms with van der Waals surface area (Å²) in [6.07, 6.45) is 2.86. The zero-order chi connectivity index (χ0) is 29.1. The van der Waals surface area contributed by atoms with Crippen LogP contribution in [-0.4, -0.2) is 52.4 Å². The highest BCUT2D eigenvalue weighted by atomic mass is 19.1. The molecule has 1 saturated heterocycles. The molecule has 0 atom stereocenters. The second-order valence-corrected chi connectivity index (χ2v) is 10.7. The number of pyridine rings is 1. The number of halogens is 2. The zero-order valence-electron chi connectivity index (χ0n) is 22.9. The predicted molar refractivity (Wildman–Crippen MR) is 152 cm³/mol. The van der Waals surface area contributed by atoms with Gasteiger partial charge in [-0.15, -0.1) is 5.10 Å². The minimum absolute atomic E-state index is 0.0108. The lowest BCUT2D eigenvalue weighted by Crippen LogP contribution is -2.48. The second kappa shape index (κ2) is 11.6. The number of nitrogens with zero attached hydrogens (tertiary/aromatic N) is 4. The molecule has 4 aromatic rings. The molecule has 11 heteroatoms. The Balaban J connectivity index is 1.49. The number of rotatable bonds is 6. The fourth-order valence-electron chi connectivity index (χ4n) is 4.55. The van der Waals surface area contributed by atoms with Gasteiger partial charge in [-0.2, -0.15) is 5.10 Å². The van der Waals surface area contributed by atoms with Crippen molar-refractivity contribution >= 4 is 23.1 Å². The minimum Gasteiger partial charge on any atom is -0.379 e. The number of hydrazine groups is 1. The lowest BCUT2D eigenvalue weighted by atomic mass is 9.87. The fraction of sp³-hybridized carbons (Fsp3) is 0.267. The molecule has 0 spiro atoms. The first-order chi connectivity index (χ1) is 19.6. The summed E-state index contributed by atoms with van der Waals surface area (Å²) < 4.78 is 35.4. The van der Waals surface area contributed by atoms with E-state index in [1.54, 1.807) is 29.3 Å². The van der Waals surface area contributed by atoms with Crippen molar-refractivity contribution in [2.45, 2.75) is 26.2 Å². The molecule has 9 nitrogen and oxygen atoms in total. The number of ether oxygens (including phenoxy) is 1. The van der Waals surface area contributed by atoms with E-state index in [1.807, 2.05) is 17.1 Å². The Morgan fingerprint density at radius 1 is 1.05 bits per heavy atom. The van der Waals surface area contributed by atoms with Gasteiger partial charge in [0.05, 0.1) is 18.9 Å². The molecule has 3 heterocycles. The van der Waals surface area contributed by atoms with Crippen LogP contribution in [0.1, 0.15) is 36.7 Å². The Kier molecular flexibility index (Phi) is 7.91. The number of H-pyrrole nitrogens is 1. The van der Waals surface area contributed by atoms with Gasteiger partial charge in [0, 0.05) is 48.2 Å². The number of morpholine rings is 1. The number of aromatic nitrogens is 3. The van der Waals surface area contributed by atoms with Crippen LogP contribution in [0.15, 0.2) is 71.8 Å². The third-order valence-electron chi connectivity index (χ3n) is 6.79. The number of anilines is 3. The summed E-state index contributed by atoms with van der Waals surface area (Å²) in [6.45, 7) is 8.05. The van der Waals surface area contributed by atoms with Crippen LogP contribution >= 0.6 is 0 Å². The van der Waals surface area contributed by atoms with Crippen molar-refractivity contribution in [3.8, 4) is 11.1 Å². The molecular formula is C30H30F2N6O3. The van der Waals surface area contributed by atoms with Crippen molar-refractivity contribution in [3.05, 3.63) is 100 Å². The molecule has 212 valence electrons. The highest BCUT2D eigenvalue weighted by Crippen LogP contribution is 2.32. The van der Waals surface area contributed by atoms with Gasteiger partial charge in [0.15, 0.2) is 5.82 Å². The molecule has 0 aliphatic carbocycles. The molecule has 2 aromatic heterocycles. The Hall–Kier alpha value is -4.48. The highest BCUT2D eigenvalue weighted by Gasteiger charge is 2.25. The van der Waals surface area contributed by atoms with Crippen LogP contribution in [-0.2, 0) is 10.2 Å². The third-order valence-corrected chi connectivity index (χ3v) is 6.79. The first-order valence-electron chi connectivity index (χ1n) is 13.2. The molecule has 5 rings (SSSR count). The Bertz CT molecular complexity index is 1600. The van der Waals surface area contributed by atoms with E-state index in [9.17, 15) is 14.0 Å². The molecule has 0 unspecified atom stereocenters. The topological polar surface area (TPSA) is 103 Å². The fourth-order valence-corrected chi connectivity index (χ4v) is 4.55. The summed E-state index contributed by atoms with van der Waals surface area (Å²) in [7, 11) is 0. The maximum absolute atomic E-state index is 15.1. The van der Waals surface area contributed by atoms with Crippen LogP contribution in [0.5, 0.6) is 0 Å². The maximum Gasteiger partial charge on any atom is 0.273 e. The number of nitrogens with one attached hydrogen (secondary N) is 2. The standard InChI is InChI=1S/C30H30F2N6O3/c1-30(2,3)21-8-6-19(7-9-21)28(39)35-25-16-22(23(31)17-24(25)32)20-15-26(29(40)33-18-20)38(27-5-4-10-34-36-27)37-11-13-41-14-12-37/h4-10,15-18H,11-14H2,1-3H3,(H,33,40)(H,35,39). The van der Waals surface area contributed by atoms with Crippen LogP contribution in [0, 0.1) is 11.6 Å². The van der Waals surface area contributed by atoms with Gasteiger partial charge < -0.3 is 15.0 Å². The van der Waals surface area contributed by atoms with Gasteiger partial charge in [0.2, 0.25) is 0 Å². The van der Waals surface area contributed by atoms with E-state index in [1.165, 1.54) is 24.5 Å². The summed E-state index contributed by atoms with van der Waals surface area (Å²) in [5.74, 6) is -1.93. The van der Waals surface area contributed by atoms with Gasteiger partial charge in [0.25, 0.3) is 11.5 Å². The van der Waals surface area contributed by atoms with E-state index in [-0.39, 0.29) is 27.9 Å². The van der Waals surface area contributed by atoms with E-state index >= 15 is 4.39 Å². The van der Waals surface area contributed by atoms with Gasteiger partial charge in [-0.3, -0.25) is 9.59 Å². The van der Waals surface area contributed by atoms with E-state index < -0.39 is 23.1 Å². The van der Waals surface area contributed by atoms with Gasteiger partial charge in [0.1, 0.15) is 17.3 Å². The van der Waals surface area contributed by atoms with Gasteiger partial charge in [-0.25, -0.2) is 18.8 Å². The van der Waals surface area contributed by atoms with Crippen molar-refractivity contribution in [2.75, 3.05) is 36.6 Å². The van der Waals surface area contributed by atoms with E-state index in [0.29, 0.717) is 43.8 Å². The van der Waals surface area contributed by atoms with Gasteiger partial charge in [-0.05, 0) is 47.4 Å². The van der Waals surface area contributed by atoms with E-state index in [4.69, 9.17) is 4.74 Å². The zero-order valence-corrected chi connectivity index (χ0v) is 22.9. The van der Waals surface area contributed by atoms with Crippen LogP contribution in [0.3, 0.4) is 0 Å². The van der Waals surface area contributed by atoms with Crippen molar-refractivity contribution in [3.63, 3.8) is 0 Å². The maximum atomic E-state index is 15.1. The molecule has 1 amide bonds. The quantitative estimate of drug-likeness (QED) is 0.340. The van der Waals surface area contributed by atoms with Crippen LogP contribution < -0.4 is 15.9 Å². The Morgan fingerprint density at radius 3 is 2.44 bits per heavy atom. The molecule has 1 aliphatic rings. The summed E-state index contributed by atoms with van der Waals surface area (Å²) >= 11 is 0. The third kappa shape index (κ3) is 6.16. The number of amides is 1. The lowest BCUT2D eigenvalue weighted by Gasteiger charge is -2.37. The van der Waals surface area contributed by atoms with Crippen molar-refractivity contribution in [2.24, 2.45) is 0 Å². The minimum atomic E-state index is -0.926. The molecule has 2 aromatic carbocycles. The summed E-state index contributed by atoms with van der Waals surface area (Å²) in [5.41, 5.74) is 1.07. The van der Waals surface area contributed by atoms with Crippen LogP contribution in [0.25, 0.3) is 11.1 Å². The van der Waals surface area contributed by atoms with Crippen molar-refractivity contribution in [1.29, 1.82) is 0 Å². The normalized spacial score (nSPS) is 14.1. The predicted octanol–water partition coefficient (Wildman–Crippen LogP) is 5.05.